The van der Waals surface area contributed by atoms with Crippen LogP contribution in [-0.4, -0.2) is 22.2 Å². The minimum atomic E-state index is -4.57. The lowest BCUT2D eigenvalue weighted by molar-refractivity contribution is -0.141. The van der Waals surface area contributed by atoms with Gasteiger partial charge in [0.05, 0.1) is 6.10 Å². The predicted octanol–water partition coefficient (Wildman–Crippen LogP) is 3.35. The second kappa shape index (κ2) is 8.24. The molecule has 1 aromatic heterocycles. The molecule has 8 heteroatoms. The Labute approximate surface area is 155 Å². The monoisotopic (exact) mass is 381 g/mol. The number of rotatable bonds is 6. The van der Waals surface area contributed by atoms with Crippen LogP contribution in [-0.2, 0) is 19.3 Å². The molecule has 1 aliphatic rings. The van der Waals surface area contributed by atoms with E-state index < -0.39 is 11.9 Å². The summed E-state index contributed by atoms with van der Waals surface area (Å²) in [5, 5.41) is 13.2. The molecule has 2 aromatic rings. The number of nitrogens with one attached hydrogen (secondary N) is 1. The van der Waals surface area contributed by atoms with Gasteiger partial charge in [0.1, 0.15) is 11.4 Å². The van der Waals surface area contributed by atoms with Crippen molar-refractivity contribution in [2.45, 2.75) is 50.7 Å². The summed E-state index contributed by atoms with van der Waals surface area (Å²) in [7, 11) is 0. The summed E-state index contributed by atoms with van der Waals surface area (Å²) in [5.74, 6) is 0.234. The van der Waals surface area contributed by atoms with E-state index in [9.17, 15) is 18.3 Å². The van der Waals surface area contributed by atoms with Gasteiger partial charge in [-0.3, -0.25) is 0 Å². The molecule has 0 radical (unpaired) electrons. The number of alkyl halides is 3. The zero-order chi connectivity index (χ0) is 19.4. The van der Waals surface area contributed by atoms with Gasteiger partial charge in [0.2, 0.25) is 5.88 Å². The Hall–Kier alpha value is -2.16. The zero-order valence-electron chi connectivity index (χ0n) is 14.7. The summed E-state index contributed by atoms with van der Waals surface area (Å²) < 4.78 is 44.5. The Morgan fingerprint density at radius 2 is 2.00 bits per heavy atom. The SMILES string of the molecule is NCc1cc(Oc2cccc(CNC3CCC[C@@H]3O)c2)nc(C(F)(F)F)c1. The average molecular weight is 381 g/mol. The molecule has 1 saturated carbocycles. The second-order valence-electron chi connectivity index (χ2n) is 6.64. The maximum absolute atomic E-state index is 13.0. The van der Waals surface area contributed by atoms with E-state index in [0.717, 1.165) is 30.9 Å². The lowest BCUT2D eigenvalue weighted by atomic mass is 10.1. The largest absolute Gasteiger partial charge is 0.439 e. The molecule has 1 unspecified atom stereocenters. The molecule has 0 spiro atoms. The van der Waals surface area contributed by atoms with Gasteiger partial charge in [0.25, 0.3) is 0 Å². The van der Waals surface area contributed by atoms with Crippen molar-refractivity contribution in [2.75, 3.05) is 0 Å². The summed E-state index contributed by atoms with van der Waals surface area (Å²) in [6.07, 6.45) is -2.20. The third-order valence-electron chi connectivity index (χ3n) is 4.56. The van der Waals surface area contributed by atoms with E-state index in [4.69, 9.17) is 10.5 Å². The van der Waals surface area contributed by atoms with E-state index in [1.54, 1.807) is 18.2 Å². The van der Waals surface area contributed by atoms with Gasteiger partial charge < -0.3 is 20.9 Å². The van der Waals surface area contributed by atoms with Crippen molar-refractivity contribution in [2.24, 2.45) is 5.73 Å². The van der Waals surface area contributed by atoms with Gasteiger partial charge in [-0.1, -0.05) is 12.1 Å². The fourth-order valence-electron chi connectivity index (χ4n) is 3.14. The smallest absolute Gasteiger partial charge is 0.433 e. The molecule has 0 amide bonds. The number of pyridine rings is 1. The number of aromatic nitrogens is 1. The molecule has 1 aliphatic carbocycles. The number of aliphatic hydroxyl groups excluding tert-OH is 1. The van der Waals surface area contributed by atoms with Crippen molar-refractivity contribution in [3.8, 4) is 11.6 Å². The van der Waals surface area contributed by atoms with Crippen LogP contribution in [0.15, 0.2) is 36.4 Å². The maximum Gasteiger partial charge on any atom is 0.433 e. The number of nitrogens with zero attached hydrogens (tertiary/aromatic N) is 1. The number of halogens is 3. The molecule has 2 atom stereocenters. The van der Waals surface area contributed by atoms with Crippen LogP contribution in [0.2, 0.25) is 0 Å². The standard InChI is InChI=1S/C19H22F3N3O2/c20-19(21,22)17-8-13(10-23)9-18(25-17)27-14-4-1-3-12(7-14)11-24-15-5-2-6-16(15)26/h1,3-4,7-9,15-16,24,26H,2,5-6,10-11,23H2/t15?,16-/m0/s1. The maximum atomic E-state index is 13.0. The van der Waals surface area contributed by atoms with Gasteiger partial charge in [-0.05, 0) is 48.6 Å². The fourth-order valence-corrected chi connectivity index (χ4v) is 3.14. The van der Waals surface area contributed by atoms with Crippen molar-refractivity contribution < 1.29 is 23.0 Å². The van der Waals surface area contributed by atoms with E-state index in [0.29, 0.717) is 17.9 Å². The summed E-state index contributed by atoms with van der Waals surface area (Å²) >= 11 is 0. The number of hydrogen-bond acceptors (Lipinski definition) is 5. The van der Waals surface area contributed by atoms with Gasteiger partial charge in [-0.25, -0.2) is 4.98 Å². The first-order valence-electron chi connectivity index (χ1n) is 8.81. The van der Waals surface area contributed by atoms with Gasteiger partial charge in [-0.15, -0.1) is 0 Å². The van der Waals surface area contributed by atoms with Crippen molar-refractivity contribution >= 4 is 0 Å². The highest BCUT2D eigenvalue weighted by molar-refractivity contribution is 5.34. The summed E-state index contributed by atoms with van der Waals surface area (Å²) in [5.41, 5.74) is 5.64. The van der Waals surface area contributed by atoms with E-state index in [2.05, 4.69) is 10.3 Å². The molecule has 0 saturated heterocycles. The van der Waals surface area contributed by atoms with Crippen LogP contribution in [0.4, 0.5) is 13.2 Å². The fraction of sp³-hybridized carbons (Fsp3) is 0.421. The van der Waals surface area contributed by atoms with Crippen molar-refractivity contribution in [1.29, 1.82) is 0 Å². The summed E-state index contributed by atoms with van der Waals surface area (Å²) in [6.45, 7) is 0.485. The third-order valence-corrected chi connectivity index (χ3v) is 4.56. The summed E-state index contributed by atoms with van der Waals surface area (Å²) in [6, 6.07) is 9.40. The van der Waals surface area contributed by atoms with Crippen LogP contribution in [0.3, 0.4) is 0 Å². The summed E-state index contributed by atoms with van der Waals surface area (Å²) in [4.78, 5) is 3.55. The van der Waals surface area contributed by atoms with Crippen LogP contribution in [0.5, 0.6) is 11.6 Å². The number of aliphatic hydroxyl groups is 1. The van der Waals surface area contributed by atoms with Crippen molar-refractivity contribution in [3.05, 3.63) is 53.2 Å². The molecule has 1 fully saturated rings. The van der Waals surface area contributed by atoms with Crippen LogP contribution >= 0.6 is 0 Å². The highest BCUT2D eigenvalue weighted by Gasteiger charge is 2.33. The number of hydrogen-bond donors (Lipinski definition) is 3. The number of ether oxygens (including phenoxy) is 1. The van der Waals surface area contributed by atoms with Crippen LogP contribution in [0.25, 0.3) is 0 Å². The van der Waals surface area contributed by atoms with Crippen molar-refractivity contribution in [3.63, 3.8) is 0 Å². The Kier molecular flexibility index (Phi) is 5.98. The number of nitrogens with two attached hydrogens (primary N) is 1. The van der Waals surface area contributed by atoms with Crippen LogP contribution in [0.1, 0.15) is 36.1 Å². The van der Waals surface area contributed by atoms with Crippen LogP contribution < -0.4 is 15.8 Å². The zero-order valence-corrected chi connectivity index (χ0v) is 14.7. The lowest BCUT2D eigenvalue weighted by Gasteiger charge is -2.16. The lowest BCUT2D eigenvalue weighted by Crippen LogP contribution is -2.34. The molecule has 4 N–H and O–H groups in total. The van der Waals surface area contributed by atoms with E-state index in [-0.39, 0.29) is 24.6 Å². The Balaban J connectivity index is 1.72. The molecular weight excluding hydrogens is 359 g/mol. The highest BCUT2D eigenvalue weighted by atomic mass is 19.4. The quantitative estimate of drug-likeness (QED) is 0.715. The minimum Gasteiger partial charge on any atom is -0.439 e. The molecule has 1 heterocycles. The highest BCUT2D eigenvalue weighted by Crippen LogP contribution is 2.31. The normalized spacial score (nSPS) is 20.0. The molecule has 1 aromatic carbocycles. The van der Waals surface area contributed by atoms with E-state index >= 15 is 0 Å². The van der Waals surface area contributed by atoms with Gasteiger partial charge >= 0.3 is 6.18 Å². The molecule has 3 rings (SSSR count). The molecule has 27 heavy (non-hydrogen) atoms. The van der Waals surface area contributed by atoms with Crippen LogP contribution in [0, 0.1) is 0 Å². The Morgan fingerprint density at radius 1 is 1.19 bits per heavy atom. The molecule has 0 aliphatic heterocycles. The molecule has 5 nitrogen and oxygen atoms in total. The van der Waals surface area contributed by atoms with Crippen molar-refractivity contribution in [1.82, 2.24) is 10.3 Å². The molecule has 0 bridgehead atoms. The first-order valence-corrected chi connectivity index (χ1v) is 8.81. The average Bonchev–Trinajstić information content (AvgIpc) is 3.04. The Bertz CT molecular complexity index is 783. The first-order chi connectivity index (χ1) is 12.8. The minimum absolute atomic E-state index is 0.0460. The van der Waals surface area contributed by atoms with Gasteiger partial charge in [-0.2, -0.15) is 13.2 Å². The predicted molar refractivity (Wildman–Crippen MR) is 94.1 cm³/mol. The van der Waals surface area contributed by atoms with E-state index in [1.165, 1.54) is 6.07 Å². The topological polar surface area (TPSA) is 80.4 Å². The van der Waals surface area contributed by atoms with Gasteiger partial charge in [0, 0.05) is 25.2 Å². The molecular formula is C19H22F3N3O2. The van der Waals surface area contributed by atoms with E-state index in [1.807, 2.05) is 6.07 Å². The molecule has 146 valence electrons. The Morgan fingerprint density at radius 3 is 2.67 bits per heavy atom. The third kappa shape index (κ3) is 5.18. The van der Waals surface area contributed by atoms with Gasteiger partial charge in [0.15, 0.2) is 0 Å². The first kappa shape index (κ1) is 19.6. The number of benzene rings is 1. The second-order valence-corrected chi connectivity index (χ2v) is 6.64.